The van der Waals surface area contributed by atoms with Gasteiger partial charge in [0, 0.05) is 18.1 Å². The summed E-state index contributed by atoms with van der Waals surface area (Å²) in [6.45, 7) is 2.66. The Morgan fingerprint density at radius 1 is 1.00 bits per heavy atom. The summed E-state index contributed by atoms with van der Waals surface area (Å²) in [6.07, 6.45) is 3.39. The van der Waals surface area contributed by atoms with Crippen LogP contribution in [0, 0.1) is 10.1 Å². The average molecular weight is 632 g/mol. The quantitative estimate of drug-likeness (QED) is 0.0808. The average Bonchev–Trinajstić information content (AvgIpc) is 3.48. The lowest BCUT2D eigenvalue weighted by atomic mass is 10.0. The Bertz CT molecular complexity index is 1460. The highest BCUT2D eigenvalue weighted by Crippen LogP contribution is 2.41. The number of carbonyl (C=O) groups excluding carboxylic acids is 1. The Kier molecular flexibility index (Phi) is 11.5. The highest BCUT2D eigenvalue weighted by molar-refractivity contribution is 8.06. The topological polar surface area (TPSA) is 78.7 Å². The van der Waals surface area contributed by atoms with Crippen LogP contribution in [0.4, 0.5) is 18.2 Å². The summed E-state index contributed by atoms with van der Waals surface area (Å²) < 4.78 is 51.4. The number of Topliss-reactive ketones (excluding diaryl/α,β-unsaturated/α-hetero) is 1. The number of hydrogen-bond donors (Lipinski definition) is 0. The molecule has 0 saturated heterocycles. The summed E-state index contributed by atoms with van der Waals surface area (Å²) in [5.74, 6) is 0.964. The van der Waals surface area contributed by atoms with Gasteiger partial charge in [-0.25, -0.2) is 0 Å². The van der Waals surface area contributed by atoms with Crippen molar-refractivity contribution in [3.8, 4) is 11.5 Å². The van der Waals surface area contributed by atoms with Gasteiger partial charge in [-0.3, -0.25) is 14.9 Å². The number of nitro groups is 1. The van der Waals surface area contributed by atoms with Gasteiger partial charge in [-0.1, -0.05) is 48.2 Å². The van der Waals surface area contributed by atoms with Gasteiger partial charge in [-0.15, -0.1) is 0 Å². The molecule has 0 bridgehead atoms. The predicted octanol–water partition coefficient (Wildman–Crippen LogP) is 10.5. The molecule has 0 aliphatic carbocycles. The van der Waals surface area contributed by atoms with Crippen LogP contribution in [0.2, 0.25) is 0 Å². The van der Waals surface area contributed by atoms with Crippen LogP contribution in [0.1, 0.15) is 79.1 Å². The van der Waals surface area contributed by atoms with E-state index in [1.54, 1.807) is 0 Å². The first-order chi connectivity index (χ1) is 20.6. The van der Waals surface area contributed by atoms with Crippen molar-refractivity contribution in [2.45, 2.75) is 64.5 Å². The number of unbranched alkanes of at least 4 members (excludes halogenated alkanes) is 1. The molecule has 0 spiro atoms. The van der Waals surface area contributed by atoms with Crippen LogP contribution in [0.5, 0.6) is 11.5 Å². The first-order valence-corrected chi connectivity index (χ1v) is 15.7. The fourth-order valence-corrected chi connectivity index (χ4v) is 6.39. The van der Waals surface area contributed by atoms with Gasteiger partial charge in [-0.2, -0.15) is 13.2 Å². The molecule has 43 heavy (non-hydrogen) atoms. The lowest BCUT2D eigenvalue weighted by molar-refractivity contribution is -0.380. The first-order valence-electron chi connectivity index (χ1n) is 14.1. The van der Waals surface area contributed by atoms with Crippen molar-refractivity contribution in [2.75, 3.05) is 6.61 Å². The Hall–Kier alpha value is -3.57. The number of nitrogens with zero attached hydrogens (tertiary/aromatic N) is 1. The molecule has 0 fully saturated rings. The van der Waals surface area contributed by atoms with Gasteiger partial charge < -0.3 is 9.47 Å². The van der Waals surface area contributed by atoms with Gasteiger partial charge in [-0.05, 0) is 97.9 Å². The van der Waals surface area contributed by atoms with E-state index < -0.39 is 16.7 Å². The molecule has 6 nitrogen and oxygen atoms in total. The van der Waals surface area contributed by atoms with Gasteiger partial charge >= 0.3 is 11.2 Å². The fourth-order valence-electron chi connectivity index (χ4n) is 4.44. The molecular formula is C32H32F3NO5S2. The van der Waals surface area contributed by atoms with Crippen molar-refractivity contribution in [2.24, 2.45) is 0 Å². The number of halogens is 3. The van der Waals surface area contributed by atoms with E-state index in [-0.39, 0.29) is 17.2 Å². The molecule has 0 N–H and O–H groups in total. The van der Waals surface area contributed by atoms with Crippen LogP contribution in [-0.4, -0.2) is 17.3 Å². The van der Waals surface area contributed by atoms with E-state index in [0.29, 0.717) is 35.2 Å². The minimum Gasteiger partial charge on any atom is -0.494 e. The molecule has 1 aliphatic heterocycles. The van der Waals surface area contributed by atoms with Crippen LogP contribution >= 0.6 is 23.1 Å². The van der Waals surface area contributed by atoms with Crippen LogP contribution in [0.3, 0.4) is 0 Å². The number of allylic oxidation sites excluding steroid dienone is 3. The summed E-state index contributed by atoms with van der Waals surface area (Å²) >= 11 is 2.35. The molecule has 0 unspecified atom stereocenters. The maximum absolute atomic E-state index is 13.1. The largest absolute Gasteiger partial charge is 0.494 e. The molecule has 4 rings (SSSR count). The second kappa shape index (κ2) is 15.2. The van der Waals surface area contributed by atoms with Crippen molar-refractivity contribution < 1.29 is 32.4 Å². The summed E-state index contributed by atoms with van der Waals surface area (Å²) in [7, 11) is 0. The van der Waals surface area contributed by atoms with Crippen molar-refractivity contribution >= 4 is 39.5 Å². The van der Waals surface area contributed by atoms with E-state index in [1.807, 2.05) is 31.2 Å². The second-order valence-corrected chi connectivity index (χ2v) is 12.1. The molecule has 1 aliphatic rings. The van der Waals surface area contributed by atoms with Gasteiger partial charge in [0.1, 0.15) is 11.5 Å². The van der Waals surface area contributed by atoms with E-state index in [0.717, 1.165) is 77.4 Å². The molecule has 2 heterocycles. The molecule has 228 valence electrons. The number of hydrogen-bond acceptors (Lipinski definition) is 7. The molecule has 0 atom stereocenters. The summed E-state index contributed by atoms with van der Waals surface area (Å²) in [5.41, 5.74) is 1.18. The standard InChI is InChI=1S/C32H32F3NO5S2/c1-2-21-40-24-15-11-22(12-16-24)27-9-5-3-7-26(8-4-6-10-28(37)29-19-20-30(43-29)36(38)39)42-31(27)41-25-17-13-23(14-18-25)32(33,34)35/h7,11-20H,2-6,8-10,21H2,1H3/b26-7+,31-27+. The van der Waals surface area contributed by atoms with E-state index >= 15 is 0 Å². The molecule has 0 amide bonds. The molecule has 0 radical (unpaired) electrons. The third-order valence-corrected chi connectivity index (χ3v) is 8.89. The lowest BCUT2D eigenvalue weighted by Gasteiger charge is -2.20. The Morgan fingerprint density at radius 3 is 2.37 bits per heavy atom. The Balaban J connectivity index is 1.49. The van der Waals surface area contributed by atoms with Crippen molar-refractivity contribution in [3.05, 3.63) is 103 Å². The summed E-state index contributed by atoms with van der Waals surface area (Å²) in [5, 5.41) is 11.5. The highest BCUT2D eigenvalue weighted by atomic mass is 32.2. The minimum atomic E-state index is -4.44. The zero-order valence-electron chi connectivity index (χ0n) is 23.7. The Morgan fingerprint density at radius 2 is 1.72 bits per heavy atom. The Labute approximate surface area is 256 Å². The molecule has 2 aromatic carbocycles. The maximum atomic E-state index is 13.1. The minimum absolute atomic E-state index is 0.0503. The van der Waals surface area contributed by atoms with Gasteiger partial charge in [0.2, 0.25) is 0 Å². The van der Waals surface area contributed by atoms with E-state index in [2.05, 4.69) is 6.08 Å². The SMILES string of the molecule is CCCOc1ccc(/C2=C(\Oc3ccc(C(F)(F)F)cc3)S/C(CCCCC(=O)c3ccc([N+](=O)[O-])s3)=C/CCC2)cc1. The molecule has 1 aromatic heterocycles. The summed E-state index contributed by atoms with van der Waals surface area (Å²) in [6, 6.07) is 15.3. The van der Waals surface area contributed by atoms with Crippen molar-refractivity contribution in [1.82, 2.24) is 0 Å². The number of alkyl halides is 3. The third kappa shape index (κ3) is 9.46. The lowest BCUT2D eigenvalue weighted by Crippen LogP contribution is -2.05. The molecule has 0 saturated carbocycles. The monoisotopic (exact) mass is 631 g/mol. The second-order valence-electron chi connectivity index (χ2n) is 9.95. The molecule has 11 heteroatoms. The number of ether oxygens (including phenoxy) is 2. The van der Waals surface area contributed by atoms with Gasteiger partial charge in [0.05, 0.1) is 22.0 Å². The van der Waals surface area contributed by atoms with Crippen LogP contribution in [0.15, 0.2) is 76.7 Å². The number of thioether (sulfide) groups is 1. The summed E-state index contributed by atoms with van der Waals surface area (Å²) in [4.78, 5) is 24.4. The number of ketones is 1. The van der Waals surface area contributed by atoms with Crippen LogP contribution in [0.25, 0.3) is 5.57 Å². The molecular weight excluding hydrogens is 599 g/mol. The van der Waals surface area contributed by atoms with Crippen LogP contribution in [-0.2, 0) is 6.18 Å². The van der Waals surface area contributed by atoms with Gasteiger partial charge in [0.25, 0.3) is 0 Å². The van der Waals surface area contributed by atoms with Crippen LogP contribution < -0.4 is 9.47 Å². The number of benzene rings is 2. The zero-order valence-corrected chi connectivity index (χ0v) is 25.3. The number of thiophene rings is 1. The van der Waals surface area contributed by atoms with E-state index in [4.69, 9.17) is 9.47 Å². The van der Waals surface area contributed by atoms with Crippen molar-refractivity contribution in [3.63, 3.8) is 0 Å². The van der Waals surface area contributed by atoms with E-state index in [9.17, 15) is 28.1 Å². The normalized spacial score (nSPS) is 17.0. The third-order valence-electron chi connectivity index (χ3n) is 6.66. The predicted molar refractivity (Wildman–Crippen MR) is 165 cm³/mol. The van der Waals surface area contributed by atoms with Crippen molar-refractivity contribution in [1.29, 1.82) is 0 Å². The van der Waals surface area contributed by atoms with E-state index in [1.165, 1.54) is 36.0 Å². The van der Waals surface area contributed by atoms with Gasteiger partial charge in [0.15, 0.2) is 10.9 Å². The number of carbonyl (C=O) groups is 1. The maximum Gasteiger partial charge on any atom is 0.416 e. The fraction of sp³-hybridized carbons (Fsp3) is 0.344. The highest BCUT2D eigenvalue weighted by Gasteiger charge is 2.30. The zero-order chi connectivity index (χ0) is 30.8. The smallest absolute Gasteiger partial charge is 0.416 e. The first kappa shape index (κ1) is 32.3. The molecule has 3 aromatic rings. The number of rotatable bonds is 13.